The van der Waals surface area contributed by atoms with Gasteiger partial charge in [-0.15, -0.1) is 0 Å². The maximum Gasteiger partial charge on any atom is 0.283 e. The van der Waals surface area contributed by atoms with Crippen LogP contribution in [0.3, 0.4) is 0 Å². The molecule has 92 valence electrons. The van der Waals surface area contributed by atoms with Crippen molar-refractivity contribution >= 4 is 28.8 Å². The Morgan fingerprint density at radius 3 is 2.59 bits per heavy atom. The van der Waals surface area contributed by atoms with E-state index in [1.54, 1.807) is 31.4 Å². The molecule has 0 spiro atoms. The van der Waals surface area contributed by atoms with Crippen LogP contribution in [0.1, 0.15) is 0 Å². The number of thiocarbonyl (C=S) groups is 1. The lowest BCUT2D eigenvalue weighted by molar-refractivity contribution is -0.110. The highest BCUT2D eigenvalue weighted by Crippen LogP contribution is 2.14. The topological polar surface area (TPSA) is 70.6 Å². The zero-order valence-electron chi connectivity index (χ0n) is 9.40. The first kappa shape index (κ1) is 13.4. The number of benzene rings is 1. The van der Waals surface area contributed by atoms with Crippen LogP contribution in [-0.4, -0.2) is 36.3 Å². The molecule has 0 saturated carbocycles. The Morgan fingerprint density at radius 1 is 1.41 bits per heavy atom. The number of rotatable bonds is 4. The van der Waals surface area contributed by atoms with Gasteiger partial charge in [0.05, 0.1) is 13.7 Å². The Labute approximate surface area is 105 Å². The first-order valence-corrected chi connectivity index (χ1v) is 5.42. The SMILES string of the molecule is COc1ccc(NC(=O)C(=S)NCCO)cc1. The molecule has 0 aliphatic carbocycles. The van der Waals surface area contributed by atoms with Crippen molar-refractivity contribution in [2.75, 3.05) is 25.6 Å². The Kier molecular flexibility index (Phi) is 5.38. The lowest BCUT2D eigenvalue weighted by Crippen LogP contribution is -2.35. The average molecular weight is 254 g/mol. The normalized spacial score (nSPS) is 9.53. The summed E-state index contributed by atoms with van der Waals surface area (Å²) in [6, 6.07) is 6.90. The van der Waals surface area contributed by atoms with Gasteiger partial charge in [-0.3, -0.25) is 4.79 Å². The molecule has 6 heteroatoms. The van der Waals surface area contributed by atoms with Crippen molar-refractivity contribution in [1.29, 1.82) is 0 Å². The van der Waals surface area contributed by atoms with Crippen LogP contribution in [-0.2, 0) is 4.79 Å². The zero-order chi connectivity index (χ0) is 12.7. The summed E-state index contributed by atoms with van der Waals surface area (Å²) in [4.78, 5) is 11.6. The molecule has 0 heterocycles. The second-order valence-corrected chi connectivity index (χ2v) is 3.57. The number of hydrogen-bond acceptors (Lipinski definition) is 4. The molecule has 0 fully saturated rings. The summed E-state index contributed by atoms with van der Waals surface area (Å²) in [6.45, 7) is 0.185. The third-order valence-electron chi connectivity index (χ3n) is 1.95. The van der Waals surface area contributed by atoms with Crippen molar-refractivity contribution in [1.82, 2.24) is 5.32 Å². The molecule has 0 aromatic heterocycles. The van der Waals surface area contributed by atoms with Gasteiger partial charge in [-0.1, -0.05) is 12.2 Å². The van der Waals surface area contributed by atoms with Gasteiger partial charge in [0.2, 0.25) is 0 Å². The number of aliphatic hydroxyl groups excluding tert-OH is 1. The van der Waals surface area contributed by atoms with Gasteiger partial charge in [0, 0.05) is 12.2 Å². The molecule has 0 radical (unpaired) electrons. The van der Waals surface area contributed by atoms with Gasteiger partial charge in [0.25, 0.3) is 5.91 Å². The van der Waals surface area contributed by atoms with Crippen LogP contribution in [0, 0.1) is 0 Å². The molecule has 1 aromatic rings. The van der Waals surface area contributed by atoms with Gasteiger partial charge in [-0.2, -0.15) is 0 Å². The molecular formula is C11H14N2O3S. The maximum atomic E-state index is 11.5. The van der Waals surface area contributed by atoms with E-state index in [1.165, 1.54) is 0 Å². The van der Waals surface area contributed by atoms with E-state index in [0.29, 0.717) is 11.4 Å². The zero-order valence-corrected chi connectivity index (χ0v) is 10.2. The summed E-state index contributed by atoms with van der Waals surface area (Å²) in [5, 5.41) is 13.8. The second-order valence-electron chi connectivity index (χ2n) is 3.16. The van der Waals surface area contributed by atoms with Crippen LogP contribution in [0.2, 0.25) is 0 Å². The number of methoxy groups -OCH3 is 1. The molecule has 1 amide bonds. The molecular weight excluding hydrogens is 240 g/mol. The quantitative estimate of drug-likeness (QED) is 0.684. The minimum Gasteiger partial charge on any atom is -0.497 e. The Hall–Kier alpha value is -1.66. The molecule has 1 aromatic carbocycles. The monoisotopic (exact) mass is 254 g/mol. The minimum absolute atomic E-state index is 0.0508. The van der Waals surface area contributed by atoms with Crippen LogP contribution >= 0.6 is 12.2 Å². The van der Waals surface area contributed by atoms with Crippen LogP contribution in [0.4, 0.5) is 5.69 Å². The number of anilines is 1. The van der Waals surface area contributed by atoms with E-state index in [2.05, 4.69) is 10.6 Å². The fourth-order valence-electron chi connectivity index (χ4n) is 1.11. The van der Waals surface area contributed by atoms with Crippen molar-refractivity contribution in [3.8, 4) is 5.75 Å². The van der Waals surface area contributed by atoms with E-state index in [4.69, 9.17) is 22.1 Å². The largest absolute Gasteiger partial charge is 0.497 e. The number of amides is 1. The molecule has 0 atom stereocenters. The highest BCUT2D eigenvalue weighted by atomic mass is 32.1. The summed E-state index contributed by atoms with van der Waals surface area (Å²) < 4.78 is 5.00. The summed E-state index contributed by atoms with van der Waals surface area (Å²) in [6.07, 6.45) is 0. The summed E-state index contributed by atoms with van der Waals surface area (Å²) in [5.74, 6) is 0.308. The third kappa shape index (κ3) is 4.38. The molecule has 0 bridgehead atoms. The fourth-order valence-corrected chi connectivity index (χ4v) is 1.27. The van der Waals surface area contributed by atoms with Gasteiger partial charge in [0.1, 0.15) is 5.75 Å². The number of carbonyl (C=O) groups is 1. The lowest BCUT2D eigenvalue weighted by Gasteiger charge is -2.08. The van der Waals surface area contributed by atoms with Crippen LogP contribution in [0.5, 0.6) is 5.75 Å². The van der Waals surface area contributed by atoms with E-state index in [0.717, 1.165) is 0 Å². The van der Waals surface area contributed by atoms with Crippen LogP contribution in [0.15, 0.2) is 24.3 Å². The van der Waals surface area contributed by atoms with E-state index in [1.807, 2.05) is 0 Å². The highest BCUT2D eigenvalue weighted by Gasteiger charge is 2.08. The number of nitrogens with one attached hydrogen (secondary N) is 2. The Bertz CT molecular complexity index is 392. The standard InChI is InChI=1S/C11H14N2O3S/c1-16-9-4-2-8(3-5-9)13-10(15)11(17)12-6-7-14/h2-5,14H,6-7H2,1H3,(H,12,17)(H,13,15). The van der Waals surface area contributed by atoms with E-state index >= 15 is 0 Å². The molecule has 17 heavy (non-hydrogen) atoms. The van der Waals surface area contributed by atoms with E-state index < -0.39 is 5.91 Å². The molecule has 0 saturated heterocycles. The Balaban J connectivity index is 2.52. The number of ether oxygens (including phenoxy) is 1. The number of aliphatic hydroxyl groups is 1. The van der Waals surface area contributed by atoms with Crippen LogP contribution < -0.4 is 15.4 Å². The van der Waals surface area contributed by atoms with Gasteiger partial charge < -0.3 is 20.5 Å². The molecule has 3 N–H and O–H groups in total. The second kappa shape index (κ2) is 6.82. The summed E-state index contributed by atoms with van der Waals surface area (Å²) in [7, 11) is 1.57. The first-order chi connectivity index (χ1) is 8.17. The Morgan fingerprint density at radius 2 is 2.06 bits per heavy atom. The molecule has 5 nitrogen and oxygen atoms in total. The number of carbonyl (C=O) groups excluding carboxylic acids is 1. The number of hydrogen-bond donors (Lipinski definition) is 3. The van der Waals surface area contributed by atoms with Gasteiger partial charge in [-0.25, -0.2) is 0 Å². The van der Waals surface area contributed by atoms with Crippen LogP contribution in [0.25, 0.3) is 0 Å². The van der Waals surface area contributed by atoms with E-state index in [9.17, 15) is 4.79 Å². The predicted octanol–water partition coefficient (Wildman–Crippen LogP) is 0.543. The fraction of sp³-hybridized carbons (Fsp3) is 0.273. The summed E-state index contributed by atoms with van der Waals surface area (Å²) in [5.41, 5.74) is 0.629. The summed E-state index contributed by atoms with van der Waals surface area (Å²) >= 11 is 4.83. The molecule has 0 aliphatic rings. The minimum atomic E-state index is -0.404. The molecule has 0 unspecified atom stereocenters. The van der Waals surface area contributed by atoms with Crippen molar-refractivity contribution in [3.05, 3.63) is 24.3 Å². The van der Waals surface area contributed by atoms with Gasteiger partial charge in [-0.05, 0) is 24.3 Å². The highest BCUT2D eigenvalue weighted by molar-refractivity contribution is 7.82. The molecule has 0 aliphatic heterocycles. The van der Waals surface area contributed by atoms with Crippen molar-refractivity contribution in [2.45, 2.75) is 0 Å². The predicted molar refractivity (Wildman–Crippen MR) is 69.3 cm³/mol. The maximum absolute atomic E-state index is 11.5. The van der Waals surface area contributed by atoms with Crippen molar-refractivity contribution in [3.63, 3.8) is 0 Å². The average Bonchev–Trinajstić information content (AvgIpc) is 2.36. The smallest absolute Gasteiger partial charge is 0.283 e. The first-order valence-electron chi connectivity index (χ1n) is 5.01. The lowest BCUT2D eigenvalue weighted by atomic mass is 10.3. The van der Waals surface area contributed by atoms with Gasteiger partial charge >= 0.3 is 0 Å². The van der Waals surface area contributed by atoms with E-state index in [-0.39, 0.29) is 18.1 Å². The third-order valence-corrected chi connectivity index (χ3v) is 2.28. The molecule has 1 rings (SSSR count). The van der Waals surface area contributed by atoms with Crippen molar-refractivity contribution < 1.29 is 14.6 Å². The van der Waals surface area contributed by atoms with Crippen molar-refractivity contribution in [2.24, 2.45) is 0 Å². The van der Waals surface area contributed by atoms with Gasteiger partial charge in [0.15, 0.2) is 4.99 Å².